The average molecular weight is 591 g/mol. The second kappa shape index (κ2) is 13.3. The van der Waals surface area contributed by atoms with Gasteiger partial charge in [0.25, 0.3) is 10.0 Å². The molecule has 10 heteroatoms. The maximum absolute atomic E-state index is 14.0. The number of amides is 2. The summed E-state index contributed by atoms with van der Waals surface area (Å²) in [5.74, 6) is -0.943. The molecule has 0 aromatic heterocycles. The highest BCUT2D eigenvalue weighted by molar-refractivity contribution is 7.92. The van der Waals surface area contributed by atoms with Crippen molar-refractivity contribution in [2.24, 2.45) is 0 Å². The van der Waals surface area contributed by atoms with Gasteiger partial charge < -0.3 is 10.2 Å². The van der Waals surface area contributed by atoms with Gasteiger partial charge in [-0.1, -0.05) is 60.5 Å². The summed E-state index contributed by atoms with van der Waals surface area (Å²) in [6.07, 6.45) is 0.721. The minimum Gasteiger partial charge on any atom is -0.354 e. The van der Waals surface area contributed by atoms with E-state index < -0.39 is 28.5 Å². The molecule has 1 atom stereocenters. The van der Waals surface area contributed by atoms with Gasteiger partial charge in [0.15, 0.2) is 0 Å². The smallest absolute Gasteiger partial charge is 0.264 e. The third-order valence-corrected chi connectivity index (χ3v) is 8.71. The fourth-order valence-corrected chi connectivity index (χ4v) is 6.11. The molecule has 39 heavy (non-hydrogen) atoms. The molecule has 0 radical (unpaired) electrons. The Morgan fingerprint density at radius 3 is 2.08 bits per heavy atom. The zero-order valence-corrected chi connectivity index (χ0v) is 24.8. The van der Waals surface area contributed by atoms with Crippen molar-refractivity contribution in [2.75, 3.05) is 17.4 Å². The Kier molecular flexibility index (Phi) is 10.4. The van der Waals surface area contributed by atoms with Crippen LogP contribution in [0.4, 0.5) is 5.69 Å². The van der Waals surface area contributed by atoms with Crippen molar-refractivity contribution in [1.82, 2.24) is 10.2 Å². The van der Waals surface area contributed by atoms with E-state index in [4.69, 9.17) is 23.2 Å². The van der Waals surface area contributed by atoms with Gasteiger partial charge >= 0.3 is 0 Å². The summed E-state index contributed by atoms with van der Waals surface area (Å²) in [5, 5.41) is 3.48. The number of carbonyl (C=O) groups is 2. The van der Waals surface area contributed by atoms with Gasteiger partial charge in [-0.2, -0.15) is 0 Å². The Hall–Kier alpha value is -3.07. The molecule has 3 aromatic rings. The van der Waals surface area contributed by atoms with E-state index in [2.05, 4.69) is 5.32 Å². The lowest BCUT2D eigenvalue weighted by atomic mass is 10.1. The summed E-state index contributed by atoms with van der Waals surface area (Å²) >= 11 is 12.8. The SMILES string of the molecule is CCCNC(=O)C(C)N(Cc1c(Cl)cccc1Cl)C(=O)CN(c1cc(C)cc(C)c1)S(=O)(=O)c1ccccc1. The molecular formula is C29H33Cl2N3O4S. The number of halogens is 2. The summed E-state index contributed by atoms with van der Waals surface area (Å²) in [7, 11) is -4.13. The van der Waals surface area contributed by atoms with Crippen molar-refractivity contribution in [2.45, 2.75) is 51.6 Å². The van der Waals surface area contributed by atoms with E-state index in [-0.39, 0.29) is 17.3 Å². The van der Waals surface area contributed by atoms with Crippen LogP contribution in [0.5, 0.6) is 0 Å². The molecule has 0 fully saturated rings. The number of rotatable bonds is 11. The number of hydrogen-bond acceptors (Lipinski definition) is 4. The van der Waals surface area contributed by atoms with E-state index >= 15 is 0 Å². The van der Waals surface area contributed by atoms with E-state index in [0.29, 0.717) is 27.8 Å². The summed E-state index contributed by atoms with van der Waals surface area (Å²) in [6, 6.07) is 17.4. The lowest BCUT2D eigenvalue weighted by molar-refractivity contribution is -0.139. The number of nitrogens with zero attached hydrogens (tertiary/aromatic N) is 2. The van der Waals surface area contributed by atoms with E-state index in [1.165, 1.54) is 17.0 Å². The standard InChI is InChI=1S/C29H33Cl2N3O4S/c1-5-14-32-29(36)22(4)33(18-25-26(30)12-9-13-27(25)31)28(35)19-34(23-16-20(2)15-21(3)17-23)39(37,38)24-10-7-6-8-11-24/h6-13,15-17,22H,5,14,18-19H2,1-4H3,(H,32,36). The number of sulfonamides is 1. The van der Waals surface area contributed by atoms with Gasteiger partial charge in [0.2, 0.25) is 11.8 Å². The Morgan fingerprint density at radius 2 is 1.51 bits per heavy atom. The van der Waals surface area contributed by atoms with Gasteiger partial charge in [-0.3, -0.25) is 13.9 Å². The van der Waals surface area contributed by atoms with Gasteiger partial charge in [0.1, 0.15) is 12.6 Å². The second-order valence-electron chi connectivity index (χ2n) is 9.36. The molecule has 1 N–H and O–H groups in total. The first-order valence-electron chi connectivity index (χ1n) is 12.6. The topological polar surface area (TPSA) is 86.8 Å². The van der Waals surface area contributed by atoms with Crippen LogP contribution in [0.15, 0.2) is 71.6 Å². The first-order valence-corrected chi connectivity index (χ1v) is 14.8. The molecule has 2 amide bonds. The Labute approximate surface area is 240 Å². The van der Waals surface area contributed by atoms with Crippen LogP contribution in [-0.2, 0) is 26.2 Å². The van der Waals surface area contributed by atoms with Gasteiger partial charge in [0.05, 0.1) is 10.6 Å². The van der Waals surface area contributed by atoms with E-state index in [1.54, 1.807) is 55.5 Å². The Morgan fingerprint density at radius 1 is 0.923 bits per heavy atom. The van der Waals surface area contributed by atoms with Crippen LogP contribution in [-0.4, -0.2) is 44.3 Å². The number of anilines is 1. The van der Waals surface area contributed by atoms with Crippen molar-refractivity contribution in [3.8, 4) is 0 Å². The highest BCUT2D eigenvalue weighted by Crippen LogP contribution is 2.29. The first-order chi connectivity index (χ1) is 18.4. The molecule has 1 unspecified atom stereocenters. The first kappa shape index (κ1) is 30.5. The summed E-state index contributed by atoms with van der Waals surface area (Å²) < 4.78 is 28.8. The van der Waals surface area contributed by atoms with Crippen molar-refractivity contribution in [3.05, 3.63) is 93.5 Å². The minimum absolute atomic E-state index is 0.0476. The Bertz CT molecular complexity index is 1390. The van der Waals surface area contributed by atoms with Crippen LogP contribution in [0.3, 0.4) is 0 Å². The lowest BCUT2D eigenvalue weighted by Crippen LogP contribution is -2.51. The van der Waals surface area contributed by atoms with Crippen molar-refractivity contribution < 1.29 is 18.0 Å². The van der Waals surface area contributed by atoms with Crippen molar-refractivity contribution in [3.63, 3.8) is 0 Å². The van der Waals surface area contributed by atoms with Gasteiger partial charge in [0, 0.05) is 28.7 Å². The molecule has 0 aliphatic heterocycles. The number of benzene rings is 3. The van der Waals surface area contributed by atoms with Crippen molar-refractivity contribution in [1.29, 1.82) is 0 Å². The van der Waals surface area contributed by atoms with Crippen LogP contribution in [0.2, 0.25) is 10.0 Å². The second-order valence-corrected chi connectivity index (χ2v) is 12.0. The molecule has 0 aliphatic rings. The maximum Gasteiger partial charge on any atom is 0.264 e. The molecule has 0 spiro atoms. The third kappa shape index (κ3) is 7.53. The predicted molar refractivity (Wildman–Crippen MR) is 157 cm³/mol. The van der Waals surface area contributed by atoms with E-state index in [0.717, 1.165) is 21.9 Å². The van der Waals surface area contributed by atoms with E-state index in [9.17, 15) is 18.0 Å². The van der Waals surface area contributed by atoms with Crippen molar-refractivity contribution >= 4 is 50.7 Å². The zero-order valence-electron chi connectivity index (χ0n) is 22.4. The van der Waals surface area contributed by atoms with Crippen LogP contribution in [0.25, 0.3) is 0 Å². The van der Waals surface area contributed by atoms with Crippen LogP contribution < -0.4 is 9.62 Å². The molecule has 3 aromatic carbocycles. The molecule has 0 aliphatic carbocycles. The molecule has 7 nitrogen and oxygen atoms in total. The fourth-order valence-electron chi connectivity index (χ4n) is 4.18. The highest BCUT2D eigenvalue weighted by atomic mass is 35.5. The maximum atomic E-state index is 14.0. The van der Waals surface area contributed by atoms with Gasteiger partial charge in [-0.15, -0.1) is 0 Å². The monoisotopic (exact) mass is 589 g/mol. The van der Waals surface area contributed by atoms with Gasteiger partial charge in [-0.05, 0) is 74.7 Å². The van der Waals surface area contributed by atoms with Gasteiger partial charge in [-0.25, -0.2) is 8.42 Å². The average Bonchev–Trinajstić information content (AvgIpc) is 2.89. The van der Waals surface area contributed by atoms with E-state index in [1.807, 2.05) is 26.8 Å². The summed E-state index contributed by atoms with van der Waals surface area (Å²) in [6.45, 7) is 7.07. The molecule has 208 valence electrons. The van der Waals surface area contributed by atoms with Crippen LogP contribution in [0, 0.1) is 13.8 Å². The fraction of sp³-hybridized carbons (Fsp3) is 0.310. The highest BCUT2D eigenvalue weighted by Gasteiger charge is 2.33. The number of nitrogens with one attached hydrogen (secondary N) is 1. The number of carbonyl (C=O) groups excluding carboxylic acids is 2. The molecule has 0 saturated carbocycles. The molecule has 0 bridgehead atoms. The number of aryl methyl sites for hydroxylation is 2. The Balaban J connectivity index is 2.08. The third-order valence-electron chi connectivity index (χ3n) is 6.21. The molecular weight excluding hydrogens is 557 g/mol. The van der Waals surface area contributed by atoms with Crippen LogP contribution in [0.1, 0.15) is 37.0 Å². The van der Waals surface area contributed by atoms with Crippen LogP contribution >= 0.6 is 23.2 Å². The molecule has 0 heterocycles. The predicted octanol–water partition coefficient (Wildman–Crippen LogP) is 5.75. The quantitative estimate of drug-likeness (QED) is 0.308. The summed E-state index contributed by atoms with van der Waals surface area (Å²) in [4.78, 5) is 28.3. The molecule has 0 saturated heterocycles. The molecule has 3 rings (SSSR count). The zero-order chi connectivity index (χ0) is 28.7. The lowest BCUT2D eigenvalue weighted by Gasteiger charge is -2.32. The number of hydrogen-bond donors (Lipinski definition) is 1. The summed E-state index contributed by atoms with van der Waals surface area (Å²) in [5.41, 5.74) is 2.51. The normalized spacial score (nSPS) is 12.1. The largest absolute Gasteiger partial charge is 0.354 e. The minimum atomic E-state index is -4.13.